The molecule has 158 valence electrons. The van der Waals surface area contributed by atoms with E-state index >= 15 is 0 Å². The number of benzene rings is 2. The molecule has 1 aliphatic carbocycles. The lowest BCUT2D eigenvalue weighted by Gasteiger charge is -2.21. The Labute approximate surface area is 176 Å². The van der Waals surface area contributed by atoms with Crippen LogP contribution in [0.5, 0.6) is 0 Å². The Hall–Kier alpha value is -1.68. The molecule has 1 aliphatic rings. The monoisotopic (exact) mass is 396 g/mol. The highest BCUT2D eigenvalue weighted by Gasteiger charge is 2.26. The number of ether oxygens (including phenoxy) is 3. The van der Waals surface area contributed by atoms with E-state index in [1.807, 2.05) is 12.1 Å². The van der Waals surface area contributed by atoms with Gasteiger partial charge in [0.05, 0.1) is 38.1 Å². The number of hydrogen-bond donors (Lipinski definition) is 0. The lowest BCUT2D eigenvalue weighted by atomic mass is 10.1. The molecule has 29 heavy (non-hydrogen) atoms. The van der Waals surface area contributed by atoms with E-state index < -0.39 is 0 Å². The molecule has 2 aromatic carbocycles. The summed E-state index contributed by atoms with van der Waals surface area (Å²) in [7, 11) is 0. The third kappa shape index (κ3) is 8.30. The van der Waals surface area contributed by atoms with Gasteiger partial charge in [-0.15, -0.1) is 0 Å². The van der Waals surface area contributed by atoms with Crippen molar-refractivity contribution >= 4 is 0 Å². The molecular formula is C26H36O3. The molecule has 0 heterocycles. The van der Waals surface area contributed by atoms with Gasteiger partial charge in [-0.25, -0.2) is 0 Å². The molecule has 0 aromatic heterocycles. The smallest absolute Gasteiger partial charge is 0.0813 e. The maximum absolute atomic E-state index is 6.26. The highest BCUT2D eigenvalue weighted by molar-refractivity contribution is 5.14. The van der Waals surface area contributed by atoms with Crippen LogP contribution in [-0.4, -0.2) is 24.9 Å². The fourth-order valence-corrected chi connectivity index (χ4v) is 3.86. The normalized spacial score (nSPS) is 20.0. The van der Waals surface area contributed by atoms with Crippen LogP contribution in [0, 0.1) is 0 Å². The molecule has 0 N–H and O–H groups in total. The van der Waals surface area contributed by atoms with Crippen molar-refractivity contribution < 1.29 is 14.2 Å². The molecular weight excluding hydrogens is 360 g/mol. The van der Waals surface area contributed by atoms with E-state index in [1.165, 1.54) is 30.4 Å². The molecule has 3 nitrogen and oxygen atoms in total. The van der Waals surface area contributed by atoms with Crippen LogP contribution in [0.15, 0.2) is 60.7 Å². The number of unbranched alkanes of at least 4 members (excludes halogenated alkanes) is 2. The molecule has 0 unspecified atom stereocenters. The lowest BCUT2D eigenvalue weighted by Crippen LogP contribution is -2.24. The minimum atomic E-state index is 0.172. The van der Waals surface area contributed by atoms with Crippen LogP contribution in [0.3, 0.4) is 0 Å². The number of hydrogen-bond acceptors (Lipinski definition) is 3. The average molecular weight is 397 g/mol. The summed E-state index contributed by atoms with van der Waals surface area (Å²) in [5.41, 5.74) is 2.46. The zero-order valence-corrected chi connectivity index (χ0v) is 17.8. The van der Waals surface area contributed by atoms with Gasteiger partial charge in [0.2, 0.25) is 0 Å². The first kappa shape index (κ1) is 22.0. The molecule has 0 spiro atoms. The molecule has 2 aromatic rings. The minimum absolute atomic E-state index is 0.172. The summed E-state index contributed by atoms with van der Waals surface area (Å²) < 4.78 is 18.6. The van der Waals surface area contributed by atoms with Crippen LogP contribution < -0.4 is 0 Å². The van der Waals surface area contributed by atoms with Gasteiger partial charge in [0.1, 0.15) is 0 Å². The SMILES string of the molecule is CCCCC[C@@H](CO[C@@H]1CC[C@@H](OCc2ccccc2)C1)OCc1ccccc1. The van der Waals surface area contributed by atoms with Gasteiger partial charge in [-0.3, -0.25) is 0 Å². The van der Waals surface area contributed by atoms with E-state index in [4.69, 9.17) is 14.2 Å². The second-order valence-electron chi connectivity index (χ2n) is 8.10. The second-order valence-corrected chi connectivity index (χ2v) is 8.10. The molecule has 0 radical (unpaired) electrons. The molecule has 3 rings (SSSR count). The molecule has 3 heteroatoms. The summed E-state index contributed by atoms with van der Waals surface area (Å²) >= 11 is 0. The summed E-state index contributed by atoms with van der Waals surface area (Å²) in [6.45, 7) is 4.28. The van der Waals surface area contributed by atoms with Crippen molar-refractivity contribution in [2.45, 2.75) is 83.4 Å². The van der Waals surface area contributed by atoms with Crippen LogP contribution in [0.1, 0.15) is 63.0 Å². The first-order chi connectivity index (χ1) is 14.3. The van der Waals surface area contributed by atoms with Crippen LogP contribution in [0.25, 0.3) is 0 Å². The van der Waals surface area contributed by atoms with Gasteiger partial charge in [-0.05, 0) is 36.8 Å². The van der Waals surface area contributed by atoms with Crippen molar-refractivity contribution in [3.63, 3.8) is 0 Å². The van der Waals surface area contributed by atoms with Crippen molar-refractivity contribution in [2.24, 2.45) is 0 Å². The van der Waals surface area contributed by atoms with Gasteiger partial charge in [0.15, 0.2) is 0 Å². The van der Waals surface area contributed by atoms with E-state index in [1.54, 1.807) is 0 Å². The van der Waals surface area contributed by atoms with Crippen LogP contribution in [0.4, 0.5) is 0 Å². The Kier molecular flexibility index (Phi) is 9.71. The first-order valence-corrected chi connectivity index (χ1v) is 11.3. The van der Waals surface area contributed by atoms with E-state index in [2.05, 4.69) is 55.5 Å². The average Bonchev–Trinajstić information content (AvgIpc) is 3.23. The van der Waals surface area contributed by atoms with Crippen LogP contribution >= 0.6 is 0 Å². The molecule has 3 atom stereocenters. The van der Waals surface area contributed by atoms with Gasteiger partial charge < -0.3 is 14.2 Å². The molecule has 1 fully saturated rings. The summed E-state index contributed by atoms with van der Waals surface area (Å²) in [5, 5.41) is 0. The van der Waals surface area contributed by atoms with Crippen molar-refractivity contribution in [1.82, 2.24) is 0 Å². The zero-order chi connectivity index (χ0) is 20.2. The highest BCUT2D eigenvalue weighted by Crippen LogP contribution is 2.26. The summed E-state index contributed by atoms with van der Waals surface area (Å²) in [6, 6.07) is 20.8. The van der Waals surface area contributed by atoms with E-state index in [-0.39, 0.29) is 6.10 Å². The summed E-state index contributed by atoms with van der Waals surface area (Å²) in [6.07, 6.45) is 8.70. The second kappa shape index (κ2) is 12.8. The van der Waals surface area contributed by atoms with Gasteiger partial charge in [-0.1, -0.05) is 86.8 Å². The first-order valence-electron chi connectivity index (χ1n) is 11.3. The third-order valence-corrected chi connectivity index (χ3v) is 5.64. The quantitative estimate of drug-likeness (QED) is 0.372. The molecule has 0 amide bonds. The minimum Gasteiger partial charge on any atom is -0.375 e. The Morgan fingerprint density at radius 1 is 0.793 bits per heavy atom. The predicted molar refractivity (Wildman–Crippen MR) is 118 cm³/mol. The van der Waals surface area contributed by atoms with E-state index in [0.29, 0.717) is 32.0 Å². The maximum atomic E-state index is 6.26. The van der Waals surface area contributed by atoms with Crippen molar-refractivity contribution in [2.75, 3.05) is 6.61 Å². The van der Waals surface area contributed by atoms with Crippen LogP contribution in [0.2, 0.25) is 0 Å². The van der Waals surface area contributed by atoms with E-state index in [0.717, 1.165) is 25.7 Å². The summed E-state index contributed by atoms with van der Waals surface area (Å²) in [4.78, 5) is 0. The third-order valence-electron chi connectivity index (χ3n) is 5.64. The van der Waals surface area contributed by atoms with Crippen molar-refractivity contribution in [3.8, 4) is 0 Å². The Morgan fingerprint density at radius 2 is 1.41 bits per heavy atom. The van der Waals surface area contributed by atoms with Gasteiger partial charge in [0.25, 0.3) is 0 Å². The van der Waals surface area contributed by atoms with Gasteiger partial charge in [0, 0.05) is 0 Å². The standard InChI is InChI=1S/C26H36O3/c1-2-3-6-15-26(28-20-23-13-9-5-10-14-23)21-29-25-17-16-24(18-25)27-19-22-11-7-4-8-12-22/h4-5,7-14,24-26H,2-3,6,15-21H2,1H3/t24-,25-,26+/m1/s1. The molecule has 0 bridgehead atoms. The highest BCUT2D eigenvalue weighted by atomic mass is 16.5. The lowest BCUT2D eigenvalue weighted by molar-refractivity contribution is -0.0573. The van der Waals surface area contributed by atoms with Gasteiger partial charge >= 0.3 is 0 Å². The fraction of sp³-hybridized carbons (Fsp3) is 0.538. The Bertz CT molecular complexity index is 658. The molecule has 0 saturated heterocycles. The summed E-state index contributed by atoms with van der Waals surface area (Å²) in [5.74, 6) is 0. The number of rotatable bonds is 13. The van der Waals surface area contributed by atoms with Crippen LogP contribution in [-0.2, 0) is 27.4 Å². The fourth-order valence-electron chi connectivity index (χ4n) is 3.86. The molecule has 0 aliphatic heterocycles. The Balaban J connectivity index is 1.38. The molecule has 1 saturated carbocycles. The van der Waals surface area contributed by atoms with E-state index in [9.17, 15) is 0 Å². The van der Waals surface area contributed by atoms with Crippen molar-refractivity contribution in [1.29, 1.82) is 0 Å². The van der Waals surface area contributed by atoms with Gasteiger partial charge in [-0.2, -0.15) is 0 Å². The van der Waals surface area contributed by atoms with Crippen molar-refractivity contribution in [3.05, 3.63) is 71.8 Å². The Morgan fingerprint density at radius 3 is 2.07 bits per heavy atom. The largest absolute Gasteiger partial charge is 0.375 e. The zero-order valence-electron chi connectivity index (χ0n) is 17.8. The topological polar surface area (TPSA) is 27.7 Å². The predicted octanol–water partition coefficient (Wildman–Crippen LogP) is 6.31. The maximum Gasteiger partial charge on any atom is 0.0813 e.